The van der Waals surface area contributed by atoms with Crippen LogP contribution in [0.4, 0.5) is 11.4 Å². The van der Waals surface area contributed by atoms with Gasteiger partial charge in [0.25, 0.3) is 0 Å². The van der Waals surface area contributed by atoms with Crippen molar-refractivity contribution in [2.45, 2.75) is 38.1 Å². The van der Waals surface area contributed by atoms with E-state index in [-0.39, 0.29) is 11.7 Å². The molecule has 1 aliphatic rings. The zero-order chi connectivity index (χ0) is 19.2. The molecule has 1 aliphatic heterocycles. The zero-order valence-corrected chi connectivity index (χ0v) is 16.6. The number of aryl methyl sites for hydroxylation is 2. The number of carbonyl (C=O) groups excluding carboxylic acids is 1. The Hall–Kier alpha value is -2.52. The SMILES string of the molecule is Cc1cc(C)c(C#N)c(SCC(=O)Nc2ccc(N3CCCCC3)cc2)n1. The summed E-state index contributed by atoms with van der Waals surface area (Å²) in [5, 5.41) is 12.9. The molecule has 27 heavy (non-hydrogen) atoms. The second kappa shape index (κ2) is 8.92. The number of amides is 1. The Labute approximate surface area is 164 Å². The standard InChI is InChI=1S/C21H24N4OS/c1-15-12-16(2)23-21(19(15)13-22)27-14-20(26)24-17-6-8-18(9-7-17)25-10-4-3-5-11-25/h6-9,12H,3-5,10-11,14H2,1-2H3,(H,24,26). The molecule has 1 aromatic heterocycles. The van der Waals surface area contributed by atoms with Gasteiger partial charge in [0.15, 0.2) is 0 Å². The smallest absolute Gasteiger partial charge is 0.234 e. The van der Waals surface area contributed by atoms with Crippen molar-refractivity contribution in [3.05, 3.63) is 47.2 Å². The Bertz CT molecular complexity index is 852. The van der Waals surface area contributed by atoms with Gasteiger partial charge in [-0.3, -0.25) is 4.79 Å². The fourth-order valence-electron chi connectivity index (χ4n) is 3.28. The summed E-state index contributed by atoms with van der Waals surface area (Å²) in [6.45, 7) is 5.99. The first-order valence-electron chi connectivity index (χ1n) is 9.23. The van der Waals surface area contributed by atoms with Crippen LogP contribution in [0.15, 0.2) is 35.4 Å². The molecule has 140 valence electrons. The highest BCUT2D eigenvalue weighted by atomic mass is 32.2. The third kappa shape index (κ3) is 5.01. The van der Waals surface area contributed by atoms with Crippen LogP contribution in [0.25, 0.3) is 0 Å². The number of thioether (sulfide) groups is 1. The number of nitriles is 1. The Balaban J connectivity index is 1.57. The Kier molecular flexibility index (Phi) is 6.36. The molecule has 1 amide bonds. The topological polar surface area (TPSA) is 69.0 Å². The maximum Gasteiger partial charge on any atom is 0.234 e. The van der Waals surface area contributed by atoms with Crippen molar-refractivity contribution in [2.75, 3.05) is 29.1 Å². The highest BCUT2D eigenvalue weighted by Crippen LogP contribution is 2.25. The summed E-state index contributed by atoms with van der Waals surface area (Å²) < 4.78 is 0. The molecule has 1 fully saturated rings. The molecule has 0 radical (unpaired) electrons. The number of anilines is 2. The second-order valence-corrected chi connectivity index (χ2v) is 7.77. The molecule has 0 atom stereocenters. The molecule has 0 unspecified atom stereocenters. The number of benzene rings is 1. The molecule has 1 saturated heterocycles. The van der Waals surface area contributed by atoms with Gasteiger partial charge in [0.2, 0.25) is 5.91 Å². The van der Waals surface area contributed by atoms with Crippen LogP contribution in [-0.4, -0.2) is 29.7 Å². The van der Waals surface area contributed by atoms with Crippen LogP contribution < -0.4 is 10.2 Å². The van der Waals surface area contributed by atoms with Crippen LogP contribution in [0.3, 0.4) is 0 Å². The number of aromatic nitrogens is 1. The lowest BCUT2D eigenvalue weighted by atomic mass is 10.1. The van der Waals surface area contributed by atoms with Gasteiger partial charge >= 0.3 is 0 Å². The first kappa shape index (κ1) is 19.2. The largest absolute Gasteiger partial charge is 0.372 e. The van der Waals surface area contributed by atoms with E-state index < -0.39 is 0 Å². The Morgan fingerprint density at radius 3 is 2.59 bits per heavy atom. The number of piperidine rings is 1. The molecule has 5 nitrogen and oxygen atoms in total. The third-order valence-corrected chi connectivity index (χ3v) is 5.61. The van der Waals surface area contributed by atoms with Crippen molar-refractivity contribution in [3.8, 4) is 6.07 Å². The number of hydrogen-bond acceptors (Lipinski definition) is 5. The molecule has 0 aliphatic carbocycles. The highest BCUT2D eigenvalue weighted by molar-refractivity contribution is 8.00. The lowest BCUT2D eigenvalue weighted by molar-refractivity contribution is -0.113. The van der Waals surface area contributed by atoms with Gasteiger partial charge in [-0.1, -0.05) is 11.8 Å². The van der Waals surface area contributed by atoms with Crippen molar-refractivity contribution in [1.82, 2.24) is 4.98 Å². The van der Waals surface area contributed by atoms with Gasteiger partial charge in [-0.05, 0) is 69.0 Å². The van der Waals surface area contributed by atoms with Gasteiger partial charge in [-0.25, -0.2) is 4.98 Å². The van der Waals surface area contributed by atoms with E-state index >= 15 is 0 Å². The molecule has 1 aromatic carbocycles. The van der Waals surface area contributed by atoms with E-state index in [4.69, 9.17) is 0 Å². The molecule has 2 heterocycles. The van der Waals surface area contributed by atoms with E-state index in [1.807, 2.05) is 32.0 Å². The average molecular weight is 381 g/mol. The number of nitrogens with zero attached hydrogens (tertiary/aromatic N) is 3. The van der Waals surface area contributed by atoms with Crippen LogP contribution in [0, 0.1) is 25.2 Å². The van der Waals surface area contributed by atoms with Gasteiger partial charge in [0.05, 0.1) is 11.3 Å². The van der Waals surface area contributed by atoms with Gasteiger partial charge in [-0.15, -0.1) is 0 Å². The fraction of sp³-hybridized carbons (Fsp3) is 0.381. The quantitative estimate of drug-likeness (QED) is 0.784. The summed E-state index contributed by atoms with van der Waals surface area (Å²) in [5.41, 5.74) is 4.28. The van der Waals surface area contributed by atoms with Crippen molar-refractivity contribution in [2.24, 2.45) is 0 Å². The third-order valence-electron chi connectivity index (χ3n) is 4.64. The first-order chi connectivity index (χ1) is 13.1. The lowest BCUT2D eigenvalue weighted by Gasteiger charge is -2.28. The zero-order valence-electron chi connectivity index (χ0n) is 15.8. The van der Waals surface area contributed by atoms with Gasteiger partial charge in [0.1, 0.15) is 11.1 Å². The predicted octanol–water partition coefficient (Wildman–Crippen LogP) is 4.29. The number of carbonyl (C=O) groups is 1. The van der Waals surface area contributed by atoms with E-state index in [0.717, 1.165) is 30.0 Å². The molecular weight excluding hydrogens is 356 g/mol. The summed E-state index contributed by atoms with van der Waals surface area (Å²) in [6.07, 6.45) is 3.80. The summed E-state index contributed by atoms with van der Waals surface area (Å²) >= 11 is 1.30. The Morgan fingerprint density at radius 2 is 1.93 bits per heavy atom. The number of nitrogens with one attached hydrogen (secondary N) is 1. The van der Waals surface area contributed by atoms with E-state index in [2.05, 4.69) is 33.4 Å². The minimum absolute atomic E-state index is 0.101. The van der Waals surface area contributed by atoms with Crippen molar-refractivity contribution < 1.29 is 4.79 Å². The molecule has 2 aromatic rings. The van der Waals surface area contributed by atoms with E-state index in [1.54, 1.807) is 0 Å². The highest BCUT2D eigenvalue weighted by Gasteiger charge is 2.13. The summed E-state index contributed by atoms with van der Waals surface area (Å²) in [6, 6.07) is 12.1. The minimum Gasteiger partial charge on any atom is -0.372 e. The molecule has 1 N–H and O–H groups in total. The van der Waals surface area contributed by atoms with Crippen molar-refractivity contribution in [3.63, 3.8) is 0 Å². The minimum atomic E-state index is -0.101. The van der Waals surface area contributed by atoms with E-state index in [0.29, 0.717) is 10.6 Å². The maximum absolute atomic E-state index is 12.3. The monoisotopic (exact) mass is 380 g/mol. The first-order valence-corrected chi connectivity index (χ1v) is 10.2. The summed E-state index contributed by atoms with van der Waals surface area (Å²) in [5.74, 6) is 0.119. The Morgan fingerprint density at radius 1 is 1.22 bits per heavy atom. The molecule has 3 rings (SSSR count). The number of rotatable bonds is 5. The van der Waals surface area contributed by atoms with Crippen LogP contribution in [0.1, 0.15) is 36.1 Å². The maximum atomic E-state index is 12.3. The van der Waals surface area contributed by atoms with Gasteiger partial charge < -0.3 is 10.2 Å². The van der Waals surface area contributed by atoms with Gasteiger partial charge in [-0.2, -0.15) is 5.26 Å². The molecular formula is C21H24N4OS. The van der Waals surface area contributed by atoms with Crippen LogP contribution >= 0.6 is 11.8 Å². The second-order valence-electron chi connectivity index (χ2n) is 6.80. The summed E-state index contributed by atoms with van der Waals surface area (Å²) in [7, 11) is 0. The summed E-state index contributed by atoms with van der Waals surface area (Å²) in [4.78, 5) is 19.1. The van der Waals surface area contributed by atoms with E-state index in [9.17, 15) is 10.1 Å². The lowest BCUT2D eigenvalue weighted by Crippen LogP contribution is -2.29. The van der Waals surface area contributed by atoms with Crippen molar-refractivity contribution >= 4 is 29.0 Å². The van der Waals surface area contributed by atoms with Crippen LogP contribution in [0.2, 0.25) is 0 Å². The molecule has 0 spiro atoms. The fourth-order valence-corrected chi connectivity index (χ4v) is 4.18. The van der Waals surface area contributed by atoms with E-state index in [1.165, 1.54) is 36.7 Å². The van der Waals surface area contributed by atoms with Crippen molar-refractivity contribution in [1.29, 1.82) is 5.26 Å². The van der Waals surface area contributed by atoms with Gasteiger partial charge in [0, 0.05) is 30.2 Å². The number of hydrogen-bond donors (Lipinski definition) is 1. The van der Waals surface area contributed by atoms with Crippen LogP contribution in [0.5, 0.6) is 0 Å². The molecule has 0 bridgehead atoms. The number of pyridine rings is 1. The normalized spacial score (nSPS) is 13.9. The average Bonchev–Trinajstić information content (AvgIpc) is 2.67. The molecule has 0 saturated carbocycles. The molecule has 6 heteroatoms. The van der Waals surface area contributed by atoms with Crippen LogP contribution in [-0.2, 0) is 4.79 Å². The predicted molar refractivity (Wildman–Crippen MR) is 110 cm³/mol.